The lowest BCUT2D eigenvalue weighted by Gasteiger charge is -2.22. The number of nitrogens with one attached hydrogen (secondary N) is 1. The number of rotatable bonds is 5. The van der Waals surface area contributed by atoms with E-state index in [2.05, 4.69) is 38.2 Å². The van der Waals surface area contributed by atoms with Crippen molar-refractivity contribution in [1.29, 1.82) is 0 Å². The first kappa shape index (κ1) is 16.2. The molecule has 0 aromatic heterocycles. The van der Waals surface area contributed by atoms with E-state index in [9.17, 15) is 0 Å². The van der Waals surface area contributed by atoms with E-state index in [0.717, 1.165) is 17.5 Å². The second-order valence-electron chi connectivity index (χ2n) is 6.78. The molecule has 1 aromatic carbocycles. The Morgan fingerprint density at radius 2 is 1.95 bits per heavy atom. The van der Waals surface area contributed by atoms with Crippen molar-refractivity contribution in [2.24, 2.45) is 5.92 Å². The van der Waals surface area contributed by atoms with Gasteiger partial charge < -0.3 is 5.32 Å². The third kappa shape index (κ3) is 4.98. The van der Waals surface area contributed by atoms with Crippen molar-refractivity contribution in [3.63, 3.8) is 0 Å². The molecular weight excluding hydrogens is 286 g/mol. The van der Waals surface area contributed by atoms with Crippen LogP contribution in [0, 0.1) is 5.92 Å². The molecule has 20 heavy (non-hydrogen) atoms. The molecule has 0 bridgehead atoms. The maximum absolute atomic E-state index is 6.40. The molecule has 1 aromatic rings. The standard InChI is InChI=1S/C17H26ClNS/c1-17(2,3)19-11-14-15(18)9-6-10-16(14)20-12-13-7-4-5-8-13/h6,9-10,13,19H,4-5,7-8,11-12H2,1-3H3. The molecule has 0 amide bonds. The average molecular weight is 312 g/mol. The smallest absolute Gasteiger partial charge is 0.0462 e. The Morgan fingerprint density at radius 3 is 2.60 bits per heavy atom. The van der Waals surface area contributed by atoms with Crippen molar-refractivity contribution in [3.8, 4) is 0 Å². The van der Waals surface area contributed by atoms with E-state index in [-0.39, 0.29) is 5.54 Å². The van der Waals surface area contributed by atoms with Crippen molar-refractivity contribution in [1.82, 2.24) is 5.32 Å². The third-order valence-corrected chi connectivity index (χ3v) is 5.51. The Morgan fingerprint density at radius 1 is 1.25 bits per heavy atom. The van der Waals surface area contributed by atoms with Gasteiger partial charge in [0.25, 0.3) is 0 Å². The number of benzene rings is 1. The fourth-order valence-corrected chi connectivity index (χ4v) is 4.16. The summed E-state index contributed by atoms with van der Waals surface area (Å²) in [5, 5.41) is 4.44. The molecule has 1 aliphatic rings. The summed E-state index contributed by atoms with van der Waals surface area (Å²) >= 11 is 8.38. The SMILES string of the molecule is CC(C)(C)NCc1c(Cl)cccc1SCC1CCCC1. The number of halogens is 1. The van der Waals surface area contributed by atoms with Gasteiger partial charge in [0.2, 0.25) is 0 Å². The molecule has 1 fully saturated rings. The Bertz CT molecular complexity index is 433. The van der Waals surface area contributed by atoms with E-state index in [1.165, 1.54) is 41.9 Å². The van der Waals surface area contributed by atoms with Gasteiger partial charge in [-0.3, -0.25) is 0 Å². The highest BCUT2D eigenvalue weighted by Gasteiger charge is 2.17. The molecule has 1 aliphatic carbocycles. The Hall–Kier alpha value is -0.180. The molecule has 0 spiro atoms. The van der Waals surface area contributed by atoms with Crippen LogP contribution < -0.4 is 5.32 Å². The van der Waals surface area contributed by atoms with Gasteiger partial charge in [-0.15, -0.1) is 11.8 Å². The molecule has 112 valence electrons. The van der Waals surface area contributed by atoms with E-state index in [0.29, 0.717) is 0 Å². The molecule has 0 atom stereocenters. The van der Waals surface area contributed by atoms with Crippen molar-refractivity contribution in [2.75, 3.05) is 5.75 Å². The fourth-order valence-electron chi connectivity index (χ4n) is 2.58. The topological polar surface area (TPSA) is 12.0 Å². The predicted octanol–water partition coefficient (Wildman–Crippen LogP) is 5.51. The van der Waals surface area contributed by atoms with Gasteiger partial charge in [-0.05, 0) is 57.2 Å². The summed E-state index contributed by atoms with van der Waals surface area (Å²) in [6.07, 6.45) is 5.64. The summed E-state index contributed by atoms with van der Waals surface area (Å²) in [7, 11) is 0. The highest BCUT2D eigenvalue weighted by molar-refractivity contribution is 7.99. The summed E-state index contributed by atoms with van der Waals surface area (Å²) in [5.41, 5.74) is 1.37. The zero-order chi connectivity index (χ0) is 14.6. The summed E-state index contributed by atoms with van der Waals surface area (Å²) < 4.78 is 0. The molecule has 0 aliphatic heterocycles. The summed E-state index contributed by atoms with van der Waals surface area (Å²) in [6.45, 7) is 7.41. The van der Waals surface area contributed by atoms with Crippen molar-refractivity contribution in [3.05, 3.63) is 28.8 Å². The molecule has 0 heterocycles. The lowest BCUT2D eigenvalue weighted by atomic mass is 10.1. The van der Waals surface area contributed by atoms with Crippen LogP contribution in [-0.4, -0.2) is 11.3 Å². The van der Waals surface area contributed by atoms with Crippen LogP contribution in [0.3, 0.4) is 0 Å². The Balaban J connectivity index is 2.01. The lowest BCUT2D eigenvalue weighted by molar-refractivity contribution is 0.422. The highest BCUT2D eigenvalue weighted by atomic mass is 35.5. The first-order valence-electron chi connectivity index (χ1n) is 7.61. The minimum Gasteiger partial charge on any atom is -0.308 e. The quantitative estimate of drug-likeness (QED) is 0.719. The molecule has 1 saturated carbocycles. The maximum Gasteiger partial charge on any atom is 0.0462 e. The van der Waals surface area contributed by atoms with E-state index in [4.69, 9.17) is 11.6 Å². The van der Waals surface area contributed by atoms with Crippen LogP contribution in [0.15, 0.2) is 23.1 Å². The van der Waals surface area contributed by atoms with E-state index in [1.807, 2.05) is 17.8 Å². The zero-order valence-corrected chi connectivity index (χ0v) is 14.4. The van der Waals surface area contributed by atoms with Crippen molar-refractivity contribution >= 4 is 23.4 Å². The molecule has 3 heteroatoms. The van der Waals surface area contributed by atoms with Gasteiger partial charge in [-0.2, -0.15) is 0 Å². The Kier molecular flexibility index (Phi) is 5.83. The first-order valence-corrected chi connectivity index (χ1v) is 8.97. The van der Waals surface area contributed by atoms with Gasteiger partial charge in [0.1, 0.15) is 0 Å². The number of hydrogen-bond donors (Lipinski definition) is 1. The second-order valence-corrected chi connectivity index (χ2v) is 8.25. The van der Waals surface area contributed by atoms with E-state index in [1.54, 1.807) is 0 Å². The summed E-state index contributed by atoms with van der Waals surface area (Å²) in [6, 6.07) is 6.28. The van der Waals surface area contributed by atoms with Gasteiger partial charge in [-0.1, -0.05) is 30.5 Å². The van der Waals surface area contributed by atoms with Gasteiger partial charge in [0.15, 0.2) is 0 Å². The Labute approximate surface area is 132 Å². The monoisotopic (exact) mass is 311 g/mol. The maximum atomic E-state index is 6.40. The van der Waals surface area contributed by atoms with E-state index < -0.39 is 0 Å². The second kappa shape index (κ2) is 7.20. The summed E-state index contributed by atoms with van der Waals surface area (Å²) in [5.74, 6) is 2.14. The molecule has 0 saturated heterocycles. The molecule has 1 N–H and O–H groups in total. The van der Waals surface area contributed by atoms with Crippen LogP contribution in [0.4, 0.5) is 0 Å². The normalized spacial score (nSPS) is 16.8. The van der Waals surface area contributed by atoms with Gasteiger partial charge in [0, 0.05) is 27.8 Å². The van der Waals surface area contributed by atoms with Crippen LogP contribution in [-0.2, 0) is 6.54 Å². The number of hydrogen-bond acceptors (Lipinski definition) is 2. The van der Waals surface area contributed by atoms with Crippen molar-refractivity contribution < 1.29 is 0 Å². The largest absolute Gasteiger partial charge is 0.308 e. The van der Waals surface area contributed by atoms with Gasteiger partial charge >= 0.3 is 0 Å². The minimum atomic E-state index is 0.118. The number of thioether (sulfide) groups is 1. The van der Waals surface area contributed by atoms with Crippen molar-refractivity contribution in [2.45, 2.75) is 63.4 Å². The lowest BCUT2D eigenvalue weighted by Crippen LogP contribution is -2.35. The molecule has 0 unspecified atom stereocenters. The van der Waals surface area contributed by atoms with Crippen LogP contribution in [0.5, 0.6) is 0 Å². The van der Waals surface area contributed by atoms with Crippen LogP contribution >= 0.6 is 23.4 Å². The average Bonchev–Trinajstić information content (AvgIpc) is 2.87. The van der Waals surface area contributed by atoms with E-state index >= 15 is 0 Å². The first-order chi connectivity index (χ1) is 9.46. The fraction of sp³-hybridized carbons (Fsp3) is 0.647. The van der Waals surface area contributed by atoms with Crippen LogP contribution in [0.2, 0.25) is 5.02 Å². The van der Waals surface area contributed by atoms with Crippen LogP contribution in [0.25, 0.3) is 0 Å². The molecule has 1 nitrogen and oxygen atoms in total. The molecule has 0 radical (unpaired) electrons. The molecular formula is C17H26ClNS. The van der Waals surface area contributed by atoms with Crippen LogP contribution in [0.1, 0.15) is 52.0 Å². The summed E-state index contributed by atoms with van der Waals surface area (Å²) in [4.78, 5) is 1.35. The predicted molar refractivity (Wildman–Crippen MR) is 90.7 cm³/mol. The van der Waals surface area contributed by atoms with Gasteiger partial charge in [-0.25, -0.2) is 0 Å². The van der Waals surface area contributed by atoms with Gasteiger partial charge in [0.05, 0.1) is 0 Å². The third-order valence-electron chi connectivity index (χ3n) is 3.82. The zero-order valence-electron chi connectivity index (χ0n) is 12.8. The highest BCUT2D eigenvalue weighted by Crippen LogP contribution is 2.34. The minimum absolute atomic E-state index is 0.118. The molecule has 2 rings (SSSR count).